The molecule has 1 fully saturated rings. The van der Waals surface area contributed by atoms with Crippen molar-refractivity contribution in [3.63, 3.8) is 0 Å². The number of carbonyl (C=O) groups is 1. The molecule has 0 saturated carbocycles. The first-order chi connectivity index (χ1) is 13.9. The molecule has 0 spiro atoms. The summed E-state index contributed by atoms with van der Waals surface area (Å²) in [5, 5.41) is 10.4. The summed E-state index contributed by atoms with van der Waals surface area (Å²) in [6, 6.07) is 6.23. The monoisotopic (exact) mass is 408 g/mol. The molecule has 4 rings (SSSR count). The van der Waals surface area contributed by atoms with Crippen LogP contribution in [0.25, 0.3) is 11.0 Å². The Bertz CT molecular complexity index is 1020. The Labute approximate surface area is 161 Å². The average Bonchev–Trinajstić information content (AvgIpc) is 3.19. The molecule has 3 aromatic rings. The maximum atomic E-state index is 12.8. The summed E-state index contributed by atoms with van der Waals surface area (Å²) in [7, 11) is 0. The number of H-pyrrole nitrogens is 1. The van der Waals surface area contributed by atoms with Crippen LogP contribution in [0.3, 0.4) is 0 Å². The minimum Gasteiger partial charge on any atom is -0.475 e. The molecule has 1 saturated heterocycles. The fourth-order valence-corrected chi connectivity index (χ4v) is 2.90. The molecule has 1 aromatic carbocycles. The maximum absolute atomic E-state index is 12.8. The number of morpholine rings is 1. The fraction of sp³-hybridized carbons (Fsp3) is 0.353. The predicted molar refractivity (Wildman–Crippen MR) is 92.1 cm³/mol. The highest BCUT2D eigenvalue weighted by molar-refractivity contribution is 5.97. The second-order valence-corrected chi connectivity index (χ2v) is 6.30. The molecule has 2 aromatic heterocycles. The number of aromatic amines is 1. The first kappa shape index (κ1) is 19.1. The van der Waals surface area contributed by atoms with Crippen molar-refractivity contribution in [3.8, 4) is 5.88 Å². The third-order valence-corrected chi connectivity index (χ3v) is 4.29. The molecule has 1 atom stereocenters. The van der Waals surface area contributed by atoms with E-state index in [-0.39, 0.29) is 31.5 Å². The summed E-state index contributed by atoms with van der Waals surface area (Å²) in [6.45, 7) is 0.842. The number of fused-ring (bicyclic) bond motifs is 1. The largest absolute Gasteiger partial charge is 0.475 e. The van der Waals surface area contributed by atoms with Gasteiger partial charge in [0, 0.05) is 24.4 Å². The Hall–Kier alpha value is -3.28. The molecule has 0 aliphatic carbocycles. The van der Waals surface area contributed by atoms with Crippen LogP contribution < -0.4 is 4.74 Å². The van der Waals surface area contributed by atoms with E-state index in [9.17, 15) is 18.0 Å². The fourth-order valence-electron chi connectivity index (χ4n) is 2.90. The Morgan fingerprint density at radius 2 is 2.10 bits per heavy atom. The molecule has 1 amide bonds. The van der Waals surface area contributed by atoms with Gasteiger partial charge in [-0.3, -0.25) is 4.79 Å². The zero-order valence-electron chi connectivity index (χ0n) is 14.9. The van der Waals surface area contributed by atoms with E-state index in [0.717, 1.165) is 6.20 Å². The summed E-state index contributed by atoms with van der Waals surface area (Å²) in [5.74, 6) is -1.69. The van der Waals surface area contributed by atoms with Crippen LogP contribution in [0.1, 0.15) is 16.2 Å². The van der Waals surface area contributed by atoms with Crippen molar-refractivity contribution in [2.75, 3.05) is 26.3 Å². The van der Waals surface area contributed by atoms with Gasteiger partial charge in [-0.05, 0) is 18.2 Å². The van der Waals surface area contributed by atoms with Gasteiger partial charge in [0.1, 0.15) is 23.7 Å². The summed E-state index contributed by atoms with van der Waals surface area (Å²) >= 11 is 0. The lowest BCUT2D eigenvalue weighted by Crippen LogP contribution is -2.47. The molecule has 1 aliphatic heterocycles. The lowest BCUT2D eigenvalue weighted by molar-refractivity contribution is -0.145. The SMILES string of the molecule is O=C(c1ccc2n[nH]nc2c1)N1CCOC(COc2ccnc(C(F)(F)F)n2)C1. The highest BCUT2D eigenvalue weighted by Crippen LogP contribution is 2.26. The number of nitrogens with zero attached hydrogens (tertiary/aromatic N) is 5. The zero-order valence-corrected chi connectivity index (χ0v) is 14.9. The van der Waals surface area contributed by atoms with Gasteiger partial charge >= 0.3 is 6.18 Å². The zero-order chi connectivity index (χ0) is 20.4. The number of hydrogen-bond acceptors (Lipinski definition) is 7. The van der Waals surface area contributed by atoms with Gasteiger partial charge in [0.15, 0.2) is 0 Å². The van der Waals surface area contributed by atoms with Gasteiger partial charge in [0.2, 0.25) is 11.7 Å². The number of carbonyl (C=O) groups excluding carboxylic acids is 1. The second kappa shape index (κ2) is 7.62. The van der Waals surface area contributed by atoms with Crippen LogP contribution in [0.4, 0.5) is 13.2 Å². The third-order valence-electron chi connectivity index (χ3n) is 4.29. The van der Waals surface area contributed by atoms with Crippen molar-refractivity contribution in [1.82, 2.24) is 30.3 Å². The van der Waals surface area contributed by atoms with Gasteiger partial charge < -0.3 is 14.4 Å². The van der Waals surface area contributed by atoms with Gasteiger partial charge in [-0.25, -0.2) is 4.98 Å². The number of amides is 1. The van der Waals surface area contributed by atoms with Gasteiger partial charge in [0.05, 0.1) is 13.2 Å². The van der Waals surface area contributed by atoms with Crippen LogP contribution in [-0.4, -0.2) is 68.6 Å². The molecule has 1 N–H and O–H groups in total. The van der Waals surface area contributed by atoms with Crippen molar-refractivity contribution < 1.29 is 27.4 Å². The van der Waals surface area contributed by atoms with Crippen molar-refractivity contribution in [1.29, 1.82) is 0 Å². The molecule has 0 radical (unpaired) electrons. The summed E-state index contributed by atoms with van der Waals surface area (Å²) in [5.41, 5.74) is 1.68. The highest BCUT2D eigenvalue weighted by Gasteiger charge is 2.35. The van der Waals surface area contributed by atoms with Crippen molar-refractivity contribution in [3.05, 3.63) is 41.9 Å². The molecule has 29 heavy (non-hydrogen) atoms. The van der Waals surface area contributed by atoms with E-state index in [1.54, 1.807) is 23.1 Å². The molecule has 1 aliphatic rings. The molecule has 1 unspecified atom stereocenters. The topological polar surface area (TPSA) is 106 Å². The van der Waals surface area contributed by atoms with Gasteiger partial charge in [0.25, 0.3) is 5.91 Å². The summed E-state index contributed by atoms with van der Waals surface area (Å²) < 4.78 is 48.9. The van der Waals surface area contributed by atoms with Crippen molar-refractivity contribution in [2.45, 2.75) is 12.3 Å². The van der Waals surface area contributed by atoms with Crippen LogP contribution >= 0.6 is 0 Å². The maximum Gasteiger partial charge on any atom is 0.451 e. The van der Waals surface area contributed by atoms with Crippen LogP contribution in [-0.2, 0) is 10.9 Å². The summed E-state index contributed by atoms with van der Waals surface area (Å²) in [4.78, 5) is 20.9. The number of alkyl halides is 3. The van der Waals surface area contributed by atoms with Crippen LogP contribution in [0.2, 0.25) is 0 Å². The lowest BCUT2D eigenvalue weighted by Gasteiger charge is -2.32. The van der Waals surface area contributed by atoms with E-state index in [2.05, 4.69) is 25.4 Å². The molecule has 152 valence electrons. The first-order valence-corrected chi connectivity index (χ1v) is 8.64. The second-order valence-electron chi connectivity index (χ2n) is 6.30. The number of nitrogens with one attached hydrogen (secondary N) is 1. The van der Waals surface area contributed by atoms with Gasteiger partial charge in [-0.1, -0.05) is 0 Å². The minimum atomic E-state index is -4.66. The predicted octanol–water partition coefficient (Wildman–Crippen LogP) is 1.69. The van der Waals surface area contributed by atoms with Crippen molar-refractivity contribution >= 4 is 16.9 Å². The quantitative estimate of drug-likeness (QED) is 0.700. The molecule has 12 heteroatoms. The molecule has 9 nitrogen and oxygen atoms in total. The number of rotatable bonds is 4. The number of aromatic nitrogens is 5. The molecular weight excluding hydrogens is 393 g/mol. The van der Waals surface area contributed by atoms with Gasteiger partial charge in [-0.15, -0.1) is 0 Å². The van der Waals surface area contributed by atoms with E-state index in [1.165, 1.54) is 6.07 Å². The van der Waals surface area contributed by atoms with E-state index >= 15 is 0 Å². The Morgan fingerprint density at radius 3 is 2.93 bits per heavy atom. The van der Waals surface area contributed by atoms with E-state index < -0.39 is 18.1 Å². The minimum absolute atomic E-state index is 0.0551. The molecular formula is C17H15F3N6O3. The van der Waals surface area contributed by atoms with E-state index in [1.807, 2.05) is 0 Å². The van der Waals surface area contributed by atoms with Crippen LogP contribution in [0.5, 0.6) is 5.88 Å². The number of halogens is 3. The van der Waals surface area contributed by atoms with Crippen LogP contribution in [0, 0.1) is 0 Å². The standard InChI is InChI=1S/C17H15F3N6O3/c18-17(19,20)16-21-4-3-14(22-16)29-9-11-8-26(5-6-28-11)15(27)10-1-2-12-13(7-10)24-25-23-12/h1-4,7,11H,5-6,8-9H2,(H,23,24,25). The third kappa shape index (κ3) is 4.26. The van der Waals surface area contributed by atoms with Gasteiger partial charge in [-0.2, -0.15) is 33.6 Å². The number of ether oxygens (including phenoxy) is 2. The Balaban J connectivity index is 1.39. The highest BCUT2D eigenvalue weighted by atomic mass is 19.4. The summed E-state index contributed by atoms with van der Waals surface area (Å²) in [6.07, 6.45) is -4.19. The number of benzene rings is 1. The van der Waals surface area contributed by atoms with Crippen LogP contribution in [0.15, 0.2) is 30.5 Å². The Kier molecular flexibility index (Phi) is 5.01. The van der Waals surface area contributed by atoms with Crippen molar-refractivity contribution in [2.24, 2.45) is 0 Å². The first-order valence-electron chi connectivity index (χ1n) is 8.64. The normalized spacial score (nSPS) is 17.5. The molecule has 0 bridgehead atoms. The van der Waals surface area contributed by atoms with E-state index in [0.29, 0.717) is 23.1 Å². The van der Waals surface area contributed by atoms with E-state index in [4.69, 9.17) is 9.47 Å². The number of hydrogen-bond donors (Lipinski definition) is 1. The average molecular weight is 408 g/mol. The smallest absolute Gasteiger partial charge is 0.451 e. The lowest BCUT2D eigenvalue weighted by atomic mass is 10.1. The molecule has 3 heterocycles. The Morgan fingerprint density at radius 1 is 1.28 bits per heavy atom.